The number of nitrogens with zero attached hydrogens (tertiary/aromatic N) is 2. The Bertz CT molecular complexity index is 618. The molecule has 2 rings (SSSR count). The zero-order valence-corrected chi connectivity index (χ0v) is 12.7. The molecule has 1 atom stereocenters. The van der Waals surface area contributed by atoms with Crippen molar-refractivity contribution >= 4 is 37.5 Å². The summed E-state index contributed by atoms with van der Waals surface area (Å²) in [5, 5.41) is 5.02. The minimum atomic E-state index is -3.56. The molecule has 104 valence electrons. The van der Waals surface area contributed by atoms with Crippen molar-refractivity contribution in [2.24, 2.45) is 11.1 Å². The van der Waals surface area contributed by atoms with Gasteiger partial charge >= 0.3 is 0 Å². The molecule has 8 heteroatoms. The summed E-state index contributed by atoms with van der Waals surface area (Å²) >= 11 is 3.31. The number of halogens is 1. The molecule has 1 fully saturated rings. The first-order chi connectivity index (χ1) is 8.76. The summed E-state index contributed by atoms with van der Waals surface area (Å²) in [6.07, 6.45) is 1.85. The highest BCUT2D eigenvalue weighted by Gasteiger charge is 2.33. The van der Waals surface area contributed by atoms with E-state index in [1.807, 2.05) is 6.92 Å². The average Bonchev–Trinajstić information content (AvgIpc) is 2.60. The third-order valence-electron chi connectivity index (χ3n) is 2.99. The van der Waals surface area contributed by atoms with E-state index in [1.165, 1.54) is 0 Å². The number of hydrogen-bond donors (Lipinski definition) is 1. The van der Waals surface area contributed by atoms with Crippen LogP contribution in [0.5, 0.6) is 0 Å². The summed E-state index contributed by atoms with van der Waals surface area (Å²) in [6, 6.07) is 1.81. The van der Waals surface area contributed by atoms with Crippen molar-refractivity contribution in [2.45, 2.75) is 13.3 Å². The molecule has 6 nitrogen and oxygen atoms in total. The van der Waals surface area contributed by atoms with Crippen molar-refractivity contribution in [3.05, 3.63) is 22.4 Å². The van der Waals surface area contributed by atoms with Crippen molar-refractivity contribution in [3.63, 3.8) is 0 Å². The third kappa shape index (κ3) is 3.52. The van der Waals surface area contributed by atoms with Crippen LogP contribution in [0.3, 0.4) is 0 Å². The van der Waals surface area contributed by atoms with Gasteiger partial charge in [-0.05, 0) is 28.9 Å². The molecular formula is C11H14BrN3O3S. The highest BCUT2D eigenvalue weighted by Crippen LogP contribution is 2.29. The minimum Gasteiger partial charge on any atom is -0.310 e. The lowest BCUT2D eigenvalue weighted by Crippen LogP contribution is -2.28. The molecule has 1 aliphatic rings. The molecule has 1 unspecified atom stereocenters. The van der Waals surface area contributed by atoms with Crippen molar-refractivity contribution < 1.29 is 13.2 Å². The van der Waals surface area contributed by atoms with Gasteiger partial charge in [0.05, 0.1) is 17.1 Å². The Morgan fingerprint density at radius 3 is 2.89 bits per heavy atom. The van der Waals surface area contributed by atoms with Gasteiger partial charge in [0.25, 0.3) is 0 Å². The number of pyridine rings is 1. The number of aryl methyl sites for hydroxylation is 1. The van der Waals surface area contributed by atoms with Gasteiger partial charge in [-0.25, -0.2) is 13.6 Å². The molecule has 2 heterocycles. The van der Waals surface area contributed by atoms with Gasteiger partial charge in [-0.2, -0.15) is 0 Å². The van der Waals surface area contributed by atoms with Crippen LogP contribution in [0.4, 0.5) is 5.69 Å². The van der Waals surface area contributed by atoms with Gasteiger partial charge in [-0.15, -0.1) is 0 Å². The average molecular weight is 348 g/mol. The number of primary sulfonamides is 1. The number of carbonyl (C=O) groups excluding carboxylic acids is 1. The predicted molar refractivity (Wildman–Crippen MR) is 75.1 cm³/mol. The maximum absolute atomic E-state index is 12.0. The number of rotatable bonds is 3. The van der Waals surface area contributed by atoms with Crippen LogP contribution in [0.1, 0.15) is 12.1 Å². The fourth-order valence-electron chi connectivity index (χ4n) is 2.22. The van der Waals surface area contributed by atoms with Crippen LogP contribution in [-0.4, -0.2) is 31.6 Å². The topological polar surface area (TPSA) is 93.4 Å². The largest absolute Gasteiger partial charge is 0.310 e. The summed E-state index contributed by atoms with van der Waals surface area (Å²) in [6.45, 7) is 2.16. The number of anilines is 1. The third-order valence-corrected chi connectivity index (χ3v) is 4.36. The lowest BCUT2D eigenvalue weighted by molar-refractivity contribution is -0.117. The first-order valence-electron chi connectivity index (χ1n) is 5.69. The molecule has 1 amide bonds. The van der Waals surface area contributed by atoms with E-state index in [4.69, 9.17) is 5.14 Å². The molecule has 1 aromatic heterocycles. The molecule has 19 heavy (non-hydrogen) atoms. The number of nitrogens with two attached hydrogens (primary N) is 1. The van der Waals surface area contributed by atoms with Gasteiger partial charge in [-0.3, -0.25) is 9.78 Å². The van der Waals surface area contributed by atoms with Crippen molar-refractivity contribution in [1.82, 2.24) is 4.98 Å². The van der Waals surface area contributed by atoms with Crippen LogP contribution in [-0.2, 0) is 14.8 Å². The summed E-state index contributed by atoms with van der Waals surface area (Å²) in [7, 11) is -3.56. The summed E-state index contributed by atoms with van der Waals surface area (Å²) in [5.74, 6) is -0.534. The van der Waals surface area contributed by atoms with Crippen LogP contribution in [0.25, 0.3) is 0 Å². The molecule has 0 aromatic carbocycles. The first kappa shape index (κ1) is 14.4. The Balaban J connectivity index is 2.23. The molecule has 0 saturated carbocycles. The maximum atomic E-state index is 12.0. The minimum absolute atomic E-state index is 0.100. The standard InChI is InChI=1S/C11H14BrN3O3S/c1-7-10(3-9(12)4-14-7)15-5-8(2-11(15)16)6-19(13,17)18/h3-4,8H,2,5-6H2,1H3,(H2,13,17,18). The number of amides is 1. The molecule has 0 spiro atoms. The van der Waals surface area contributed by atoms with Gasteiger partial charge in [0.1, 0.15) is 0 Å². The molecule has 1 aromatic rings. The molecule has 0 bridgehead atoms. The number of carbonyl (C=O) groups is 1. The van der Waals surface area contributed by atoms with E-state index >= 15 is 0 Å². The zero-order valence-electron chi connectivity index (χ0n) is 10.3. The van der Waals surface area contributed by atoms with Crippen molar-refractivity contribution in [3.8, 4) is 0 Å². The van der Waals surface area contributed by atoms with E-state index in [9.17, 15) is 13.2 Å². The fraction of sp³-hybridized carbons (Fsp3) is 0.455. The lowest BCUT2D eigenvalue weighted by Gasteiger charge is -2.18. The maximum Gasteiger partial charge on any atom is 0.227 e. The summed E-state index contributed by atoms with van der Waals surface area (Å²) in [5.41, 5.74) is 1.43. The second-order valence-electron chi connectivity index (χ2n) is 4.66. The second-order valence-corrected chi connectivity index (χ2v) is 7.24. The Morgan fingerprint density at radius 1 is 1.58 bits per heavy atom. The van der Waals surface area contributed by atoms with Crippen LogP contribution in [0, 0.1) is 12.8 Å². The Labute approximate surface area is 120 Å². The number of sulfonamides is 1. The summed E-state index contributed by atoms with van der Waals surface area (Å²) < 4.78 is 22.9. The lowest BCUT2D eigenvalue weighted by atomic mass is 10.1. The Morgan fingerprint density at radius 2 is 2.26 bits per heavy atom. The molecule has 1 saturated heterocycles. The second kappa shape index (κ2) is 5.18. The highest BCUT2D eigenvalue weighted by atomic mass is 79.9. The van der Waals surface area contributed by atoms with E-state index in [0.29, 0.717) is 12.2 Å². The molecule has 0 radical (unpaired) electrons. The van der Waals surface area contributed by atoms with Crippen LogP contribution < -0.4 is 10.0 Å². The highest BCUT2D eigenvalue weighted by molar-refractivity contribution is 9.10. The molecule has 2 N–H and O–H groups in total. The Kier molecular flexibility index (Phi) is 3.93. The van der Waals surface area contributed by atoms with Crippen molar-refractivity contribution in [2.75, 3.05) is 17.2 Å². The van der Waals surface area contributed by atoms with E-state index in [1.54, 1.807) is 17.2 Å². The van der Waals surface area contributed by atoms with Crippen molar-refractivity contribution in [1.29, 1.82) is 0 Å². The van der Waals surface area contributed by atoms with Gasteiger partial charge in [0.15, 0.2) is 0 Å². The fourth-order valence-corrected chi connectivity index (χ4v) is 3.42. The molecule has 1 aliphatic heterocycles. The van der Waals surface area contributed by atoms with E-state index in [2.05, 4.69) is 20.9 Å². The van der Waals surface area contributed by atoms with E-state index < -0.39 is 10.0 Å². The smallest absolute Gasteiger partial charge is 0.227 e. The Hall–Kier alpha value is -0.990. The van der Waals surface area contributed by atoms with Crippen LogP contribution >= 0.6 is 15.9 Å². The van der Waals surface area contributed by atoms with Gasteiger partial charge in [0, 0.05) is 29.6 Å². The van der Waals surface area contributed by atoms with Crippen LogP contribution in [0.15, 0.2) is 16.7 Å². The van der Waals surface area contributed by atoms with Crippen LogP contribution in [0.2, 0.25) is 0 Å². The van der Waals surface area contributed by atoms with Gasteiger partial charge < -0.3 is 4.90 Å². The predicted octanol–water partition coefficient (Wildman–Crippen LogP) is 0.794. The normalized spacial score (nSPS) is 20.1. The van der Waals surface area contributed by atoms with E-state index in [-0.39, 0.29) is 24.0 Å². The monoisotopic (exact) mass is 347 g/mol. The van der Waals surface area contributed by atoms with E-state index in [0.717, 1.165) is 10.2 Å². The first-order valence-corrected chi connectivity index (χ1v) is 8.20. The number of aromatic nitrogens is 1. The molecule has 0 aliphatic carbocycles. The zero-order chi connectivity index (χ0) is 14.2. The number of hydrogen-bond acceptors (Lipinski definition) is 4. The van der Waals surface area contributed by atoms with Gasteiger partial charge in [0.2, 0.25) is 15.9 Å². The quantitative estimate of drug-likeness (QED) is 0.874. The van der Waals surface area contributed by atoms with Gasteiger partial charge in [-0.1, -0.05) is 0 Å². The molecular weight excluding hydrogens is 334 g/mol. The SMILES string of the molecule is Cc1ncc(Br)cc1N1CC(CS(N)(=O)=O)CC1=O. The summed E-state index contributed by atoms with van der Waals surface area (Å²) in [4.78, 5) is 17.7.